The van der Waals surface area contributed by atoms with Crippen LogP contribution >= 0.6 is 0 Å². The first-order valence-corrected chi connectivity index (χ1v) is 8.81. The Balaban J connectivity index is 1.89. The Morgan fingerprint density at radius 3 is 2.40 bits per heavy atom. The van der Waals surface area contributed by atoms with Gasteiger partial charge in [-0.2, -0.15) is 5.26 Å². The lowest BCUT2D eigenvalue weighted by molar-refractivity contribution is -0.123. The Labute approximate surface area is 146 Å². The second-order valence-electron chi connectivity index (χ2n) is 5.32. The van der Waals surface area contributed by atoms with Gasteiger partial charge in [-0.3, -0.25) is 10.2 Å². The largest absolute Gasteiger partial charge is 0.484 e. The molecule has 130 valence electrons. The summed E-state index contributed by atoms with van der Waals surface area (Å²) >= 11 is 0. The lowest BCUT2D eigenvalue weighted by Gasteiger charge is -2.10. The van der Waals surface area contributed by atoms with Crippen molar-refractivity contribution in [2.24, 2.45) is 0 Å². The van der Waals surface area contributed by atoms with Crippen LogP contribution in [0.5, 0.6) is 5.75 Å². The lowest BCUT2D eigenvalue weighted by atomic mass is 10.1. The summed E-state index contributed by atoms with van der Waals surface area (Å²) in [5, 5.41) is 8.71. The predicted octanol–water partition coefficient (Wildman–Crippen LogP) is 1.56. The van der Waals surface area contributed by atoms with Crippen LogP contribution in [0.4, 0.5) is 0 Å². The Hall–Kier alpha value is -2.89. The first-order chi connectivity index (χ1) is 11.8. The minimum Gasteiger partial charge on any atom is -0.484 e. The molecule has 2 aromatic carbocycles. The molecule has 0 spiro atoms. The van der Waals surface area contributed by atoms with Gasteiger partial charge < -0.3 is 4.74 Å². The van der Waals surface area contributed by atoms with Crippen molar-refractivity contribution in [3.05, 3.63) is 59.2 Å². The molecule has 7 nitrogen and oxygen atoms in total. The molecule has 2 aromatic rings. The van der Waals surface area contributed by atoms with E-state index in [0.717, 1.165) is 11.1 Å². The molecule has 0 aliphatic heterocycles. The number of sulfonamides is 1. The van der Waals surface area contributed by atoms with Crippen molar-refractivity contribution in [3.63, 3.8) is 0 Å². The lowest BCUT2D eigenvalue weighted by Crippen LogP contribution is -2.43. The highest BCUT2D eigenvalue weighted by Crippen LogP contribution is 2.16. The van der Waals surface area contributed by atoms with E-state index in [4.69, 9.17) is 10.00 Å². The fraction of sp³-hybridized carbons (Fsp3) is 0.176. The summed E-state index contributed by atoms with van der Waals surface area (Å²) in [6.45, 7) is 3.55. The average molecular weight is 359 g/mol. The average Bonchev–Trinajstić information content (AvgIpc) is 2.61. The number of aryl methyl sites for hydroxylation is 2. The molecule has 1 amide bonds. The van der Waals surface area contributed by atoms with Gasteiger partial charge in [-0.05, 0) is 61.4 Å². The van der Waals surface area contributed by atoms with E-state index in [-0.39, 0.29) is 11.5 Å². The van der Waals surface area contributed by atoms with Crippen LogP contribution in [0, 0.1) is 25.2 Å². The zero-order valence-corrected chi connectivity index (χ0v) is 14.6. The SMILES string of the molecule is Cc1ccc(OCC(=O)NNS(=O)(=O)c2ccc(C#N)cc2)cc1C. The highest BCUT2D eigenvalue weighted by atomic mass is 32.2. The molecule has 2 rings (SSSR count). The Bertz CT molecular complexity index is 916. The van der Waals surface area contributed by atoms with Gasteiger partial charge in [0.1, 0.15) is 5.75 Å². The summed E-state index contributed by atoms with van der Waals surface area (Å²) in [6, 6.07) is 12.6. The summed E-state index contributed by atoms with van der Waals surface area (Å²) in [4.78, 5) is 13.7. The summed E-state index contributed by atoms with van der Waals surface area (Å²) in [7, 11) is -3.92. The minimum atomic E-state index is -3.92. The number of carbonyl (C=O) groups excluding carboxylic acids is 1. The molecule has 0 bridgehead atoms. The van der Waals surface area contributed by atoms with Gasteiger partial charge in [0.05, 0.1) is 16.5 Å². The second kappa shape index (κ2) is 7.79. The van der Waals surface area contributed by atoms with Gasteiger partial charge in [-0.15, -0.1) is 4.83 Å². The van der Waals surface area contributed by atoms with Crippen LogP contribution in [0.15, 0.2) is 47.4 Å². The van der Waals surface area contributed by atoms with Gasteiger partial charge in [0, 0.05) is 0 Å². The third-order valence-electron chi connectivity index (χ3n) is 3.47. The Kier molecular flexibility index (Phi) is 5.75. The van der Waals surface area contributed by atoms with Crippen LogP contribution in [-0.2, 0) is 14.8 Å². The van der Waals surface area contributed by atoms with Crippen molar-refractivity contribution < 1.29 is 17.9 Å². The molecule has 0 saturated heterocycles. The van der Waals surface area contributed by atoms with Gasteiger partial charge in [0.2, 0.25) is 0 Å². The Morgan fingerprint density at radius 1 is 1.12 bits per heavy atom. The normalized spacial score (nSPS) is 10.8. The van der Waals surface area contributed by atoms with Gasteiger partial charge in [0.25, 0.3) is 15.9 Å². The van der Waals surface area contributed by atoms with E-state index in [1.807, 2.05) is 30.8 Å². The van der Waals surface area contributed by atoms with Crippen LogP contribution in [0.1, 0.15) is 16.7 Å². The fourth-order valence-electron chi connectivity index (χ4n) is 1.88. The monoisotopic (exact) mass is 359 g/mol. The molecule has 0 radical (unpaired) electrons. The summed E-state index contributed by atoms with van der Waals surface area (Å²) in [5.74, 6) is -0.122. The van der Waals surface area contributed by atoms with Crippen LogP contribution in [-0.4, -0.2) is 20.9 Å². The first kappa shape index (κ1) is 18.4. The molecule has 2 N–H and O–H groups in total. The highest BCUT2D eigenvalue weighted by molar-refractivity contribution is 7.89. The highest BCUT2D eigenvalue weighted by Gasteiger charge is 2.15. The molecule has 0 atom stereocenters. The van der Waals surface area contributed by atoms with E-state index in [0.29, 0.717) is 11.3 Å². The Morgan fingerprint density at radius 2 is 1.80 bits per heavy atom. The number of ether oxygens (including phenoxy) is 1. The number of rotatable bonds is 6. The molecule has 0 fully saturated rings. The number of nitriles is 1. The van der Waals surface area contributed by atoms with Crippen LogP contribution in [0.25, 0.3) is 0 Å². The van der Waals surface area contributed by atoms with Crippen molar-refractivity contribution >= 4 is 15.9 Å². The van der Waals surface area contributed by atoms with E-state index < -0.39 is 15.9 Å². The van der Waals surface area contributed by atoms with Gasteiger partial charge in [-0.25, -0.2) is 8.42 Å². The molecule has 0 heterocycles. The minimum absolute atomic E-state index is 0.0677. The molecule has 8 heteroatoms. The zero-order chi connectivity index (χ0) is 18.4. The number of nitrogens with zero attached hydrogens (tertiary/aromatic N) is 1. The number of hydrazine groups is 1. The third-order valence-corrected chi connectivity index (χ3v) is 4.73. The van der Waals surface area contributed by atoms with Crippen molar-refractivity contribution in [3.8, 4) is 11.8 Å². The maximum absolute atomic E-state index is 12.0. The first-order valence-electron chi connectivity index (χ1n) is 7.33. The quantitative estimate of drug-likeness (QED) is 0.761. The number of carbonyl (C=O) groups is 1. The smallest absolute Gasteiger partial charge is 0.272 e. The van der Waals surface area contributed by atoms with Crippen molar-refractivity contribution in [2.75, 3.05) is 6.61 Å². The van der Waals surface area contributed by atoms with E-state index >= 15 is 0 Å². The summed E-state index contributed by atoms with van der Waals surface area (Å²) < 4.78 is 29.4. The third kappa shape index (κ3) is 5.04. The molecule has 0 aliphatic carbocycles. The van der Waals surface area contributed by atoms with E-state index in [2.05, 4.69) is 5.43 Å². The number of hydrogen-bond donors (Lipinski definition) is 2. The maximum atomic E-state index is 12.0. The molecule has 25 heavy (non-hydrogen) atoms. The van der Waals surface area contributed by atoms with Gasteiger partial charge in [0.15, 0.2) is 6.61 Å². The number of amides is 1. The molecule has 0 aliphatic rings. The number of nitrogens with one attached hydrogen (secondary N) is 2. The molecular weight excluding hydrogens is 342 g/mol. The standard InChI is InChI=1S/C17H17N3O4S/c1-12-3-6-15(9-13(12)2)24-11-17(21)19-20-25(22,23)16-7-4-14(10-18)5-8-16/h3-9,20H,11H2,1-2H3,(H,19,21). The second-order valence-corrected chi connectivity index (χ2v) is 7.01. The van der Waals surface area contributed by atoms with E-state index in [9.17, 15) is 13.2 Å². The van der Waals surface area contributed by atoms with Crippen LogP contribution in [0.3, 0.4) is 0 Å². The predicted molar refractivity (Wildman–Crippen MR) is 91.0 cm³/mol. The van der Waals surface area contributed by atoms with Gasteiger partial charge in [-0.1, -0.05) is 6.07 Å². The summed E-state index contributed by atoms with van der Waals surface area (Å²) in [6.07, 6.45) is 0. The fourth-order valence-corrected chi connectivity index (χ4v) is 2.74. The number of hydrogen-bond acceptors (Lipinski definition) is 5. The van der Waals surface area contributed by atoms with Crippen LogP contribution in [0.2, 0.25) is 0 Å². The van der Waals surface area contributed by atoms with Crippen molar-refractivity contribution in [2.45, 2.75) is 18.7 Å². The van der Waals surface area contributed by atoms with E-state index in [1.54, 1.807) is 12.1 Å². The molecule has 0 aromatic heterocycles. The topological polar surface area (TPSA) is 108 Å². The van der Waals surface area contributed by atoms with Crippen LogP contribution < -0.4 is 15.0 Å². The van der Waals surface area contributed by atoms with Gasteiger partial charge >= 0.3 is 0 Å². The number of benzene rings is 2. The molecule has 0 unspecified atom stereocenters. The zero-order valence-electron chi connectivity index (χ0n) is 13.7. The van der Waals surface area contributed by atoms with E-state index in [1.165, 1.54) is 24.3 Å². The van der Waals surface area contributed by atoms with Crippen molar-refractivity contribution in [1.82, 2.24) is 10.3 Å². The molecule has 0 saturated carbocycles. The summed E-state index contributed by atoms with van der Waals surface area (Å²) in [5.41, 5.74) is 4.55. The van der Waals surface area contributed by atoms with Crippen molar-refractivity contribution in [1.29, 1.82) is 5.26 Å². The maximum Gasteiger partial charge on any atom is 0.272 e. The molecular formula is C17H17N3O4S.